The second kappa shape index (κ2) is 10.9. The van der Waals surface area contributed by atoms with E-state index in [4.69, 9.17) is 9.47 Å². The largest absolute Gasteiger partial charge is 0.493 e. The predicted molar refractivity (Wildman–Crippen MR) is 143 cm³/mol. The Morgan fingerprint density at radius 3 is 2.41 bits per heavy atom. The van der Waals surface area contributed by atoms with Crippen molar-refractivity contribution in [3.05, 3.63) is 107 Å². The number of benzene rings is 3. The lowest BCUT2D eigenvalue weighted by Gasteiger charge is -2.12. The lowest BCUT2D eigenvalue weighted by atomic mass is 10.2. The van der Waals surface area contributed by atoms with Crippen molar-refractivity contribution in [1.82, 2.24) is 14.5 Å². The summed E-state index contributed by atoms with van der Waals surface area (Å²) < 4.78 is 40.2. The Hall–Kier alpha value is -4.77. The highest BCUT2D eigenvalue weighted by atomic mass is 32.2. The van der Waals surface area contributed by atoms with Gasteiger partial charge in [-0.15, -0.1) is 0 Å². The maximum atomic E-state index is 15.0. The molecule has 1 N–H and O–H groups in total. The first-order valence-corrected chi connectivity index (χ1v) is 12.3. The van der Waals surface area contributed by atoms with Crippen LogP contribution < -0.4 is 20.3 Å². The Kier molecular flexibility index (Phi) is 7.24. The van der Waals surface area contributed by atoms with Crippen molar-refractivity contribution in [2.45, 2.75) is 9.92 Å². The highest BCUT2D eigenvalue weighted by Gasteiger charge is 2.17. The van der Waals surface area contributed by atoms with Gasteiger partial charge in [0.1, 0.15) is 28.6 Å². The normalized spacial score (nSPS) is 10.9. The standard InChI is InChI=1S/C28H20F2N4O4S/c1-37-24-13-20-23(14-25(24)38-2)31-15-32-27(20)39-18-9-10-22(21(30)12-18)33-26(35)19-4-3-11-34(28(19)36)17-7-5-16(29)6-8-17/h3-15H,1-2H3,(H,33,35). The number of nitrogens with zero attached hydrogens (tertiary/aromatic N) is 3. The zero-order valence-corrected chi connectivity index (χ0v) is 21.5. The van der Waals surface area contributed by atoms with Crippen LogP contribution in [0, 0.1) is 11.6 Å². The van der Waals surface area contributed by atoms with E-state index in [-0.39, 0.29) is 11.3 Å². The number of anilines is 1. The van der Waals surface area contributed by atoms with Gasteiger partial charge in [-0.3, -0.25) is 14.2 Å². The third-order valence-electron chi connectivity index (χ3n) is 5.80. The number of ether oxygens (including phenoxy) is 2. The van der Waals surface area contributed by atoms with Crippen LogP contribution in [0.5, 0.6) is 11.5 Å². The summed E-state index contributed by atoms with van der Waals surface area (Å²) in [6, 6.07) is 15.9. The van der Waals surface area contributed by atoms with Gasteiger partial charge in [0.15, 0.2) is 11.5 Å². The Balaban J connectivity index is 1.38. The van der Waals surface area contributed by atoms with E-state index in [0.29, 0.717) is 38.0 Å². The molecule has 0 fully saturated rings. The summed E-state index contributed by atoms with van der Waals surface area (Å²) in [6.45, 7) is 0. The Morgan fingerprint density at radius 2 is 1.69 bits per heavy atom. The minimum atomic E-state index is -0.779. The molecule has 2 heterocycles. The lowest BCUT2D eigenvalue weighted by Crippen LogP contribution is -2.28. The van der Waals surface area contributed by atoms with Crippen molar-refractivity contribution >= 4 is 34.3 Å². The number of methoxy groups -OCH3 is 2. The summed E-state index contributed by atoms with van der Waals surface area (Å²) in [7, 11) is 3.05. The summed E-state index contributed by atoms with van der Waals surface area (Å²) in [6.07, 6.45) is 2.86. The number of carbonyl (C=O) groups excluding carboxylic acids is 1. The molecule has 2 aromatic heterocycles. The topological polar surface area (TPSA) is 95.3 Å². The van der Waals surface area contributed by atoms with Gasteiger partial charge >= 0.3 is 0 Å². The van der Waals surface area contributed by atoms with Gasteiger partial charge in [0.25, 0.3) is 11.5 Å². The first kappa shape index (κ1) is 25.9. The van der Waals surface area contributed by atoms with E-state index in [1.807, 2.05) is 0 Å². The highest BCUT2D eigenvalue weighted by molar-refractivity contribution is 7.99. The zero-order chi connectivity index (χ0) is 27.5. The van der Waals surface area contributed by atoms with Crippen LogP contribution in [0.4, 0.5) is 14.5 Å². The van der Waals surface area contributed by atoms with Crippen molar-refractivity contribution in [2.24, 2.45) is 0 Å². The first-order valence-electron chi connectivity index (χ1n) is 11.5. The monoisotopic (exact) mass is 546 g/mol. The molecule has 0 unspecified atom stereocenters. The van der Waals surface area contributed by atoms with Crippen LogP contribution in [-0.2, 0) is 0 Å². The van der Waals surface area contributed by atoms with Gasteiger partial charge < -0.3 is 14.8 Å². The molecule has 0 atom stereocenters. The fraction of sp³-hybridized carbons (Fsp3) is 0.0714. The first-order chi connectivity index (χ1) is 18.9. The minimum Gasteiger partial charge on any atom is -0.493 e. The van der Waals surface area contributed by atoms with E-state index in [1.165, 1.54) is 91.6 Å². The van der Waals surface area contributed by atoms with Crippen molar-refractivity contribution in [1.29, 1.82) is 0 Å². The highest BCUT2D eigenvalue weighted by Crippen LogP contribution is 2.37. The maximum absolute atomic E-state index is 15.0. The number of hydrogen-bond acceptors (Lipinski definition) is 7. The molecule has 8 nitrogen and oxygen atoms in total. The quantitative estimate of drug-likeness (QED) is 0.270. The molecule has 39 heavy (non-hydrogen) atoms. The van der Waals surface area contributed by atoms with Gasteiger partial charge in [0, 0.05) is 28.2 Å². The van der Waals surface area contributed by atoms with Crippen LogP contribution >= 0.6 is 11.8 Å². The molecular formula is C28H20F2N4O4S. The average Bonchev–Trinajstić information content (AvgIpc) is 2.94. The molecule has 11 heteroatoms. The lowest BCUT2D eigenvalue weighted by molar-refractivity contribution is 0.102. The number of amides is 1. The smallest absolute Gasteiger partial charge is 0.267 e. The van der Waals surface area contributed by atoms with Crippen molar-refractivity contribution < 1.29 is 23.0 Å². The van der Waals surface area contributed by atoms with E-state index in [1.54, 1.807) is 18.2 Å². The maximum Gasteiger partial charge on any atom is 0.267 e. The molecule has 0 aliphatic rings. The van der Waals surface area contributed by atoms with Crippen molar-refractivity contribution in [3.63, 3.8) is 0 Å². The molecular weight excluding hydrogens is 526 g/mol. The number of hydrogen-bond donors (Lipinski definition) is 1. The molecule has 5 aromatic rings. The van der Waals surface area contributed by atoms with Crippen LogP contribution in [0.25, 0.3) is 16.6 Å². The van der Waals surface area contributed by atoms with Gasteiger partial charge in [-0.2, -0.15) is 0 Å². The summed E-state index contributed by atoms with van der Waals surface area (Å²) >= 11 is 1.21. The third-order valence-corrected chi connectivity index (χ3v) is 6.81. The van der Waals surface area contributed by atoms with E-state index < -0.39 is 23.1 Å². The Labute approximate surface area is 225 Å². The van der Waals surface area contributed by atoms with E-state index in [0.717, 1.165) is 0 Å². The van der Waals surface area contributed by atoms with Crippen molar-refractivity contribution in [2.75, 3.05) is 19.5 Å². The fourth-order valence-corrected chi connectivity index (χ4v) is 4.77. The Bertz CT molecular complexity index is 1760. The van der Waals surface area contributed by atoms with Crippen LogP contribution in [0.15, 0.2) is 94.0 Å². The molecule has 1 amide bonds. The van der Waals surface area contributed by atoms with Gasteiger partial charge in [-0.25, -0.2) is 18.7 Å². The fourth-order valence-electron chi connectivity index (χ4n) is 3.87. The summed E-state index contributed by atoms with van der Waals surface area (Å²) in [5.74, 6) is -0.899. The number of fused-ring (bicyclic) bond motifs is 1. The van der Waals surface area contributed by atoms with E-state index in [2.05, 4.69) is 15.3 Å². The number of pyridine rings is 1. The molecule has 0 saturated carbocycles. The van der Waals surface area contributed by atoms with Crippen LogP contribution in [-0.4, -0.2) is 34.7 Å². The second-order valence-electron chi connectivity index (χ2n) is 8.17. The minimum absolute atomic E-state index is 0.0973. The predicted octanol–water partition coefficient (Wildman–Crippen LogP) is 5.48. The summed E-state index contributed by atoms with van der Waals surface area (Å²) in [5, 5.41) is 3.72. The second-order valence-corrected chi connectivity index (χ2v) is 9.24. The molecule has 0 saturated heterocycles. The Morgan fingerprint density at radius 1 is 0.949 bits per heavy atom. The molecule has 5 rings (SSSR count). The molecule has 0 radical (unpaired) electrons. The molecule has 3 aromatic carbocycles. The van der Waals surface area contributed by atoms with Gasteiger partial charge in [0.05, 0.1) is 25.4 Å². The van der Waals surface area contributed by atoms with Crippen LogP contribution in [0.1, 0.15) is 10.4 Å². The van der Waals surface area contributed by atoms with Gasteiger partial charge in [0.2, 0.25) is 0 Å². The number of halogens is 2. The zero-order valence-electron chi connectivity index (χ0n) is 20.6. The molecule has 0 aliphatic heterocycles. The van der Waals surface area contributed by atoms with Gasteiger partial charge in [-0.05, 0) is 60.7 Å². The SMILES string of the molecule is COc1cc2ncnc(Sc3ccc(NC(=O)c4cccn(-c5ccc(F)cc5)c4=O)c(F)c3)c2cc1OC. The number of nitrogens with one attached hydrogen (secondary N) is 1. The number of carbonyl (C=O) groups is 1. The average molecular weight is 547 g/mol. The summed E-state index contributed by atoms with van der Waals surface area (Å²) in [5.41, 5.74) is 0.0915. The van der Waals surface area contributed by atoms with Crippen LogP contribution in [0.2, 0.25) is 0 Å². The van der Waals surface area contributed by atoms with Gasteiger partial charge in [-0.1, -0.05) is 11.8 Å². The van der Waals surface area contributed by atoms with Crippen molar-refractivity contribution in [3.8, 4) is 17.2 Å². The molecule has 0 aliphatic carbocycles. The van der Waals surface area contributed by atoms with E-state index in [9.17, 15) is 14.0 Å². The number of rotatable bonds is 7. The van der Waals surface area contributed by atoms with Crippen LogP contribution in [0.3, 0.4) is 0 Å². The molecule has 0 bridgehead atoms. The summed E-state index contributed by atoms with van der Waals surface area (Å²) in [4.78, 5) is 34.9. The number of aromatic nitrogens is 3. The molecule has 0 spiro atoms. The van der Waals surface area contributed by atoms with E-state index >= 15 is 4.39 Å². The third kappa shape index (κ3) is 5.30. The molecule has 196 valence electrons.